The van der Waals surface area contributed by atoms with E-state index in [4.69, 9.17) is 0 Å². The smallest absolute Gasteiger partial charge is 0.347 e. The first-order valence-corrected chi connectivity index (χ1v) is 9.40. The highest BCUT2D eigenvalue weighted by atomic mass is 19.4. The highest BCUT2D eigenvalue weighted by molar-refractivity contribution is 5.97. The maximum absolute atomic E-state index is 13.1. The minimum absolute atomic E-state index is 0.0927. The van der Waals surface area contributed by atoms with E-state index in [2.05, 4.69) is 0 Å². The van der Waals surface area contributed by atoms with Crippen LogP contribution in [-0.2, 0) is 25.7 Å². The van der Waals surface area contributed by atoms with Gasteiger partial charge in [-0.3, -0.25) is 9.59 Å². The number of alkyl halides is 3. The van der Waals surface area contributed by atoms with Crippen LogP contribution in [0, 0.1) is 0 Å². The normalized spacial score (nSPS) is 14.1. The van der Waals surface area contributed by atoms with Crippen molar-refractivity contribution in [1.82, 2.24) is 9.47 Å². The quantitative estimate of drug-likeness (QED) is 0.646. The number of carbonyl (C=O) groups excluding carboxylic acids is 1. The molecule has 3 aromatic rings. The van der Waals surface area contributed by atoms with Crippen LogP contribution in [0.25, 0.3) is 10.9 Å². The van der Waals surface area contributed by atoms with E-state index in [0.717, 1.165) is 23.3 Å². The first kappa shape index (κ1) is 19.2. The van der Waals surface area contributed by atoms with Crippen LogP contribution >= 0.6 is 0 Å². The van der Waals surface area contributed by atoms with Gasteiger partial charge in [-0.15, -0.1) is 0 Å². The van der Waals surface area contributed by atoms with Crippen molar-refractivity contribution in [2.75, 3.05) is 6.54 Å². The Labute approximate surface area is 165 Å². The fraction of sp³-hybridized carbons (Fsp3) is 0.273. The number of aryl methyl sites for hydroxylation is 1. The van der Waals surface area contributed by atoms with Crippen LogP contribution in [0.4, 0.5) is 13.2 Å². The SMILES string of the molecule is CCn1cc(C(=O)N2CCc3ccccc3C2)c(=O)c2cc(C(F)(F)F)ccc21. The Morgan fingerprint density at radius 2 is 1.83 bits per heavy atom. The second-order valence-electron chi connectivity index (χ2n) is 7.13. The number of halogens is 3. The number of amides is 1. The van der Waals surface area contributed by atoms with E-state index >= 15 is 0 Å². The Hall–Kier alpha value is -3.09. The molecule has 0 radical (unpaired) electrons. The highest BCUT2D eigenvalue weighted by Crippen LogP contribution is 2.31. The Kier molecular flexibility index (Phi) is 4.68. The number of aromatic nitrogens is 1. The van der Waals surface area contributed by atoms with Gasteiger partial charge in [-0.2, -0.15) is 13.2 Å². The summed E-state index contributed by atoms with van der Waals surface area (Å²) in [5.41, 5.74) is 0.893. The van der Waals surface area contributed by atoms with E-state index in [9.17, 15) is 22.8 Å². The van der Waals surface area contributed by atoms with Crippen molar-refractivity contribution < 1.29 is 18.0 Å². The number of carbonyl (C=O) groups is 1. The third-order valence-electron chi connectivity index (χ3n) is 5.40. The van der Waals surface area contributed by atoms with Gasteiger partial charge < -0.3 is 9.47 Å². The topological polar surface area (TPSA) is 42.3 Å². The minimum Gasteiger partial charge on any atom is -0.347 e. The fourth-order valence-corrected chi connectivity index (χ4v) is 3.83. The molecule has 1 aliphatic rings. The number of pyridine rings is 1. The molecular weight excluding hydrogens is 381 g/mol. The van der Waals surface area contributed by atoms with Gasteiger partial charge in [-0.25, -0.2) is 0 Å². The first-order valence-electron chi connectivity index (χ1n) is 9.40. The van der Waals surface area contributed by atoms with Gasteiger partial charge in [0.05, 0.1) is 11.1 Å². The standard InChI is InChI=1S/C22H19F3N2O2/c1-2-26-13-18(20(28)17-11-16(22(23,24)25)7-8-19(17)26)21(29)27-10-9-14-5-3-4-6-15(14)12-27/h3-8,11,13H,2,9-10,12H2,1H3. The summed E-state index contributed by atoms with van der Waals surface area (Å²) >= 11 is 0. The Morgan fingerprint density at radius 3 is 2.52 bits per heavy atom. The molecule has 0 N–H and O–H groups in total. The summed E-state index contributed by atoms with van der Waals surface area (Å²) in [6, 6.07) is 10.9. The van der Waals surface area contributed by atoms with Crippen molar-refractivity contribution in [2.45, 2.75) is 32.6 Å². The van der Waals surface area contributed by atoms with E-state index in [0.29, 0.717) is 31.6 Å². The third-order valence-corrected chi connectivity index (χ3v) is 5.40. The maximum Gasteiger partial charge on any atom is 0.416 e. The van der Waals surface area contributed by atoms with Gasteiger partial charge in [0.2, 0.25) is 5.43 Å². The zero-order chi connectivity index (χ0) is 20.8. The predicted octanol–water partition coefficient (Wildman–Crippen LogP) is 4.24. The Morgan fingerprint density at radius 1 is 1.10 bits per heavy atom. The van der Waals surface area contributed by atoms with Crippen LogP contribution in [0.15, 0.2) is 53.5 Å². The van der Waals surface area contributed by atoms with E-state index in [1.165, 1.54) is 12.3 Å². The lowest BCUT2D eigenvalue weighted by atomic mass is 9.99. The summed E-state index contributed by atoms with van der Waals surface area (Å²) in [5, 5.41) is -0.0927. The molecule has 4 nitrogen and oxygen atoms in total. The van der Waals surface area contributed by atoms with Crippen molar-refractivity contribution in [2.24, 2.45) is 0 Å². The molecule has 7 heteroatoms. The lowest BCUT2D eigenvalue weighted by Crippen LogP contribution is -2.38. The Balaban J connectivity index is 1.80. The third kappa shape index (κ3) is 3.41. The van der Waals surface area contributed by atoms with E-state index in [1.54, 1.807) is 9.47 Å². The van der Waals surface area contributed by atoms with Gasteiger partial charge in [0.1, 0.15) is 5.56 Å². The van der Waals surface area contributed by atoms with Crippen LogP contribution in [0.2, 0.25) is 0 Å². The van der Waals surface area contributed by atoms with E-state index < -0.39 is 23.1 Å². The lowest BCUT2D eigenvalue weighted by Gasteiger charge is -2.29. The summed E-state index contributed by atoms with van der Waals surface area (Å²) in [7, 11) is 0. The zero-order valence-electron chi connectivity index (χ0n) is 15.8. The molecule has 0 atom stereocenters. The lowest BCUT2D eigenvalue weighted by molar-refractivity contribution is -0.137. The molecule has 0 unspecified atom stereocenters. The molecule has 0 saturated carbocycles. The number of benzene rings is 2. The average Bonchev–Trinajstić information content (AvgIpc) is 2.72. The molecule has 2 heterocycles. The molecule has 1 amide bonds. The molecule has 1 aromatic heterocycles. The molecule has 0 saturated heterocycles. The first-order chi connectivity index (χ1) is 13.8. The van der Waals surface area contributed by atoms with Gasteiger partial charge in [0, 0.05) is 31.2 Å². The van der Waals surface area contributed by atoms with Crippen molar-refractivity contribution in [1.29, 1.82) is 0 Å². The summed E-state index contributed by atoms with van der Waals surface area (Å²) in [6.45, 7) is 3.07. The zero-order valence-corrected chi connectivity index (χ0v) is 15.8. The molecule has 4 rings (SSSR count). The van der Waals surface area contributed by atoms with E-state index in [-0.39, 0.29) is 10.9 Å². The Bertz CT molecular complexity index is 1160. The number of fused-ring (bicyclic) bond motifs is 2. The molecule has 0 aliphatic carbocycles. The molecular formula is C22H19F3N2O2. The average molecular weight is 400 g/mol. The fourth-order valence-electron chi connectivity index (χ4n) is 3.83. The van der Waals surface area contributed by atoms with Crippen molar-refractivity contribution in [3.63, 3.8) is 0 Å². The predicted molar refractivity (Wildman–Crippen MR) is 104 cm³/mol. The number of hydrogen-bond donors (Lipinski definition) is 0. The monoisotopic (exact) mass is 400 g/mol. The molecule has 1 aliphatic heterocycles. The largest absolute Gasteiger partial charge is 0.416 e. The van der Waals surface area contributed by atoms with Gasteiger partial charge >= 0.3 is 6.18 Å². The summed E-state index contributed by atoms with van der Waals surface area (Å²) in [5.74, 6) is -0.453. The van der Waals surface area contributed by atoms with Gasteiger partial charge in [0.25, 0.3) is 5.91 Å². The molecule has 2 aromatic carbocycles. The highest BCUT2D eigenvalue weighted by Gasteiger charge is 2.31. The second kappa shape index (κ2) is 7.06. The van der Waals surface area contributed by atoms with Gasteiger partial charge in [-0.05, 0) is 42.7 Å². The van der Waals surface area contributed by atoms with Gasteiger partial charge in [0.15, 0.2) is 0 Å². The van der Waals surface area contributed by atoms with Gasteiger partial charge in [-0.1, -0.05) is 24.3 Å². The maximum atomic E-state index is 13.1. The van der Waals surface area contributed by atoms with Crippen LogP contribution in [0.1, 0.15) is 34.0 Å². The molecule has 0 spiro atoms. The second-order valence-corrected chi connectivity index (χ2v) is 7.13. The summed E-state index contributed by atoms with van der Waals surface area (Å²) in [6.07, 6.45) is -2.43. The number of rotatable bonds is 2. The minimum atomic E-state index is -4.56. The van der Waals surface area contributed by atoms with Crippen LogP contribution < -0.4 is 5.43 Å². The molecule has 0 bridgehead atoms. The summed E-state index contributed by atoms with van der Waals surface area (Å²) in [4.78, 5) is 27.7. The molecule has 0 fully saturated rings. The van der Waals surface area contributed by atoms with Crippen molar-refractivity contribution in [3.05, 3.63) is 81.1 Å². The van der Waals surface area contributed by atoms with Crippen molar-refractivity contribution in [3.8, 4) is 0 Å². The van der Waals surface area contributed by atoms with E-state index in [1.807, 2.05) is 31.2 Å². The number of nitrogens with zero attached hydrogens (tertiary/aromatic N) is 2. The summed E-state index contributed by atoms with van der Waals surface area (Å²) < 4.78 is 41.1. The number of hydrogen-bond acceptors (Lipinski definition) is 2. The van der Waals surface area contributed by atoms with Crippen molar-refractivity contribution >= 4 is 16.8 Å². The molecule has 150 valence electrons. The molecule has 29 heavy (non-hydrogen) atoms. The van der Waals surface area contributed by atoms with Crippen LogP contribution in [-0.4, -0.2) is 21.9 Å². The van der Waals surface area contributed by atoms with Crippen LogP contribution in [0.3, 0.4) is 0 Å². The van der Waals surface area contributed by atoms with Crippen LogP contribution in [0.5, 0.6) is 0 Å².